The minimum atomic E-state index is -0.240. The summed E-state index contributed by atoms with van der Waals surface area (Å²) in [6.45, 7) is 0.432. The lowest BCUT2D eigenvalue weighted by Gasteiger charge is -2.11. The minimum absolute atomic E-state index is 0.240. The summed E-state index contributed by atoms with van der Waals surface area (Å²) in [6, 6.07) is 3.31. The van der Waals surface area contributed by atoms with Gasteiger partial charge in [0.1, 0.15) is 0 Å². The van der Waals surface area contributed by atoms with Crippen molar-refractivity contribution in [1.29, 1.82) is 0 Å². The van der Waals surface area contributed by atoms with Crippen molar-refractivity contribution in [3.8, 4) is 0 Å². The van der Waals surface area contributed by atoms with Crippen LogP contribution in [0.5, 0.6) is 0 Å². The summed E-state index contributed by atoms with van der Waals surface area (Å²) in [4.78, 5) is 4.07. The number of hydrogen-bond donors (Lipinski definition) is 2. The normalized spacial score (nSPS) is 12.8. The lowest BCUT2D eigenvalue weighted by atomic mass is 10.2. The molecule has 0 saturated carbocycles. The highest BCUT2D eigenvalue weighted by Gasteiger charge is 2.09. The summed E-state index contributed by atoms with van der Waals surface area (Å²) in [5, 5.41) is 0. The van der Waals surface area contributed by atoms with Crippen molar-refractivity contribution in [3.63, 3.8) is 0 Å². The molecule has 1 atom stereocenters. The van der Waals surface area contributed by atoms with Gasteiger partial charge < -0.3 is 16.2 Å². The van der Waals surface area contributed by atoms with Crippen molar-refractivity contribution in [3.05, 3.63) is 24.0 Å². The third kappa shape index (κ3) is 1.93. The molecule has 4 heteroatoms. The van der Waals surface area contributed by atoms with E-state index < -0.39 is 0 Å². The number of pyridine rings is 1. The number of nitrogens with zero attached hydrogens (tertiary/aromatic N) is 1. The second kappa shape index (κ2) is 4.04. The van der Waals surface area contributed by atoms with Gasteiger partial charge in [0, 0.05) is 13.3 Å². The highest BCUT2D eigenvalue weighted by atomic mass is 16.5. The van der Waals surface area contributed by atoms with E-state index in [2.05, 4.69) is 4.98 Å². The number of methoxy groups -OCH3 is 1. The fourth-order valence-corrected chi connectivity index (χ4v) is 0.998. The van der Waals surface area contributed by atoms with Crippen LogP contribution in [0.3, 0.4) is 0 Å². The van der Waals surface area contributed by atoms with Gasteiger partial charge in [-0.2, -0.15) is 0 Å². The Morgan fingerprint density at radius 1 is 1.67 bits per heavy atom. The molecule has 1 aromatic heterocycles. The summed E-state index contributed by atoms with van der Waals surface area (Å²) >= 11 is 0. The van der Waals surface area contributed by atoms with Crippen molar-refractivity contribution in [2.75, 3.05) is 19.5 Å². The lowest BCUT2D eigenvalue weighted by Crippen LogP contribution is -2.18. The summed E-state index contributed by atoms with van der Waals surface area (Å²) in [5.74, 6) is 0. The summed E-state index contributed by atoms with van der Waals surface area (Å²) in [6.07, 6.45) is 1.67. The molecule has 0 fully saturated rings. The summed E-state index contributed by atoms with van der Waals surface area (Å²) < 4.78 is 4.89. The first-order valence-electron chi connectivity index (χ1n) is 3.70. The van der Waals surface area contributed by atoms with Crippen LogP contribution >= 0.6 is 0 Å². The zero-order chi connectivity index (χ0) is 8.97. The Balaban J connectivity index is 2.79. The van der Waals surface area contributed by atoms with Gasteiger partial charge in [0.25, 0.3) is 0 Å². The Labute approximate surface area is 71.5 Å². The molecule has 0 aliphatic rings. The van der Waals surface area contributed by atoms with E-state index in [-0.39, 0.29) is 6.04 Å². The van der Waals surface area contributed by atoms with Crippen molar-refractivity contribution < 1.29 is 4.74 Å². The SMILES string of the molecule is COC[C@H](N)c1ncccc1N. The summed E-state index contributed by atoms with van der Waals surface area (Å²) in [7, 11) is 1.60. The third-order valence-electron chi connectivity index (χ3n) is 1.57. The van der Waals surface area contributed by atoms with E-state index in [0.29, 0.717) is 18.0 Å². The van der Waals surface area contributed by atoms with Gasteiger partial charge in [-0.3, -0.25) is 4.98 Å². The van der Waals surface area contributed by atoms with Crippen LogP contribution in [-0.2, 0) is 4.74 Å². The van der Waals surface area contributed by atoms with Crippen molar-refractivity contribution in [2.24, 2.45) is 5.73 Å². The third-order valence-corrected chi connectivity index (χ3v) is 1.57. The van der Waals surface area contributed by atoms with Crippen LogP contribution in [0.2, 0.25) is 0 Å². The number of ether oxygens (including phenoxy) is 1. The molecule has 0 saturated heterocycles. The summed E-state index contributed by atoms with van der Waals surface area (Å²) in [5.41, 5.74) is 12.7. The molecule has 0 spiro atoms. The van der Waals surface area contributed by atoms with E-state index >= 15 is 0 Å². The van der Waals surface area contributed by atoms with Gasteiger partial charge in [-0.05, 0) is 12.1 Å². The molecule has 4 N–H and O–H groups in total. The highest BCUT2D eigenvalue weighted by molar-refractivity contribution is 5.43. The van der Waals surface area contributed by atoms with E-state index in [1.54, 1.807) is 25.4 Å². The van der Waals surface area contributed by atoms with E-state index in [4.69, 9.17) is 16.2 Å². The van der Waals surface area contributed by atoms with Gasteiger partial charge in [-0.25, -0.2) is 0 Å². The monoisotopic (exact) mass is 167 g/mol. The maximum atomic E-state index is 5.74. The predicted molar refractivity (Wildman–Crippen MR) is 47.5 cm³/mol. The molecular formula is C8H13N3O. The molecule has 1 aromatic rings. The Morgan fingerprint density at radius 2 is 2.42 bits per heavy atom. The number of nitrogen functional groups attached to an aromatic ring is 1. The zero-order valence-electron chi connectivity index (χ0n) is 7.03. The minimum Gasteiger partial charge on any atom is -0.397 e. The number of aromatic nitrogens is 1. The number of hydrogen-bond acceptors (Lipinski definition) is 4. The molecule has 12 heavy (non-hydrogen) atoms. The highest BCUT2D eigenvalue weighted by Crippen LogP contribution is 2.14. The van der Waals surface area contributed by atoms with Gasteiger partial charge in [0.15, 0.2) is 0 Å². The number of rotatable bonds is 3. The molecule has 1 rings (SSSR count). The van der Waals surface area contributed by atoms with Crippen molar-refractivity contribution >= 4 is 5.69 Å². The van der Waals surface area contributed by atoms with E-state index in [0.717, 1.165) is 0 Å². The fourth-order valence-electron chi connectivity index (χ4n) is 0.998. The van der Waals surface area contributed by atoms with E-state index in [1.807, 2.05) is 0 Å². The molecule has 0 aliphatic heterocycles. The molecule has 0 amide bonds. The fraction of sp³-hybridized carbons (Fsp3) is 0.375. The van der Waals surface area contributed by atoms with Crippen LogP contribution in [0.15, 0.2) is 18.3 Å². The Kier molecular flexibility index (Phi) is 3.01. The quantitative estimate of drug-likeness (QED) is 0.679. The molecule has 4 nitrogen and oxygen atoms in total. The number of nitrogens with two attached hydrogens (primary N) is 2. The van der Waals surface area contributed by atoms with Crippen LogP contribution in [0.4, 0.5) is 5.69 Å². The standard InChI is InChI=1S/C8H13N3O/c1-12-5-7(10)8-6(9)3-2-4-11-8/h2-4,7H,5,9-10H2,1H3/t7-/m0/s1. The molecule has 0 aliphatic carbocycles. The van der Waals surface area contributed by atoms with Crippen LogP contribution in [-0.4, -0.2) is 18.7 Å². The van der Waals surface area contributed by atoms with E-state index in [1.165, 1.54) is 0 Å². The van der Waals surface area contributed by atoms with Crippen LogP contribution < -0.4 is 11.5 Å². The molecule has 0 unspecified atom stereocenters. The molecule has 0 radical (unpaired) electrons. The van der Waals surface area contributed by atoms with Gasteiger partial charge >= 0.3 is 0 Å². The maximum Gasteiger partial charge on any atom is 0.0823 e. The number of anilines is 1. The molecule has 0 bridgehead atoms. The van der Waals surface area contributed by atoms with Gasteiger partial charge in [0.05, 0.1) is 24.0 Å². The van der Waals surface area contributed by atoms with Crippen molar-refractivity contribution in [1.82, 2.24) is 4.98 Å². The second-order valence-electron chi connectivity index (χ2n) is 2.54. The Bertz CT molecular complexity index is 252. The van der Waals surface area contributed by atoms with Crippen LogP contribution in [0.25, 0.3) is 0 Å². The lowest BCUT2D eigenvalue weighted by molar-refractivity contribution is 0.180. The molecule has 0 aromatic carbocycles. The molecule has 66 valence electrons. The average molecular weight is 167 g/mol. The first-order valence-corrected chi connectivity index (χ1v) is 3.70. The van der Waals surface area contributed by atoms with Crippen LogP contribution in [0, 0.1) is 0 Å². The van der Waals surface area contributed by atoms with Crippen molar-refractivity contribution in [2.45, 2.75) is 6.04 Å². The second-order valence-corrected chi connectivity index (χ2v) is 2.54. The van der Waals surface area contributed by atoms with E-state index in [9.17, 15) is 0 Å². The van der Waals surface area contributed by atoms with Gasteiger partial charge in [-0.15, -0.1) is 0 Å². The molecule has 1 heterocycles. The van der Waals surface area contributed by atoms with Gasteiger partial charge in [0.2, 0.25) is 0 Å². The smallest absolute Gasteiger partial charge is 0.0823 e. The Hall–Kier alpha value is -1.13. The Morgan fingerprint density at radius 3 is 3.00 bits per heavy atom. The zero-order valence-corrected chi connectivity index (χ0v) is 7.03. The largest absolute Gasteiger partial charge is 0.397 e. The van der Waals surface area contributed by atoms with Crippen LogP contribution in [0.1, 0.15) is 11.7 Å². The maximum absolute atomic E-state index is 5.74. The average Bonchev–Trinajstić information content (AvgIpc) is 2.05. The van der Waals surface area contributed by atoms with Gasteiger partial charge in [-0.1, -0.05) is 0 Å². The topological polar surface area (TPSA) is 74.2 Å². The predicted octanol–water partition coefficient (Wildman–Crippen LogP) is 0.310. The first kappa shape index (κ1) is 8.96. The first-order chi connectivity index (χ1) is 5.75. The molecular weight excluding hydrogens is 154 g/mol.